The zero-order valence-electron chi connectivity index (χ0n) is 13.9. The van der Waals surface area contributed by atoms with Crippen LogP contribution in [0.3, 0.4) is 0 Å². The Balaban J connectivity index is 1.77. The lowest BCUT2D eigenvalue weighted by Gasteiger charge is -2.33. The van der Waals surface area contributed by atoms with Crippen LogP contribution in [0.4, 0.5) is 0 Å². The van der Waals surface area contributed by atoms with Crippen LogP contribution in [0.1, 0.15) is 64.7 Å². The Hall–Kier alpha value is -1.17. The van der Waals surface area contributed by atoms with Crippen molar-refractivity contribution in [3.05, 3.63) is 10.6 Å². The molecule has 0 radical (unpaired) electrons. The molecule has 1 aromatic rings. The summed E-state index contributed by atoms with van der Waals surface area (Å²) in [7, 11) is 0. The largest absolute Gasteiger partial charge is 0.342 e. The maximum Gasteiger partial charge on any atom is 0.226 e. The van der Waals surface area contributed by atoms with Gasteiger partial charge in [-0.2, -0.15) is 5.10 Å². The second kappa shape index (κ2) is 5.48. The molecule has 1 amide bonds. The second-order valence-electron chi connectivity index (χ2n) is 7.72. The van der Waals surface area contributed by atoms with Gasteiger partial charge in [0, 0.05) is 31.0 Å². The highest BCUT2D eigenvalue weighted by molar-refractivity contribution is 7.71. The molecular formula is C16H26N4OS. The Labute approximate surface area is 137 Å². The number of H-pyrrole nitrogens is 1. The molecule has 0 bridgehead atoms. The summed E-state index contributed by atoms with van der Waals surface area (Å²) in [5, 5.41) is 7.37. The first-order valence-corrected chi connectivity index (χ1v) is 8.67. The lowest BCUT2D eigenvalue weighted by Crippen LogP contribution is -2.41. The number of carbonyl (C=O) groups excluding carboxylic acids is 1. The number of carbonyl (C=O) groups is 1. The van der Waals surface area contributed by atoms with Gasteiger partial charge >= 0.3 is 0 Å². The molecule has 1 aliphatic heterocycles. The summed E-state index contributed by atoms with van der Waals surface area (Å²) in [5.41, 5.74) is 0.196. The molecule has 2 fully saturated rings. The van der Waals surface area contributed by atoms with Crippen molar-refractivity contribution in [3.8, 4) is 0 Å². The van der Waals surface area contributed by atoms with E-state index >= 15 is 0 Å². The van der Waals surface area contributed by atoms with Crippen LogP contribution in [0.2, 0.25) is 0 Å². The first kappa shape index (κ1) is 15.7. The normalized spacial score (nSPS) is 27.2. The van der Waals surface area contributed by atoms with Gasteiger partial charge in [0.05, 0.1) is 0 Å². The first-order chi connectivity index (χ1) is 10.3. The van der Waals surface area contributed by atoms with Crippen molar-refractivity contribution in [1.82, 2.24) is 19.7 Å². The van der Waals surface area contributed by atoms with E-state index in [0.29, 0.717) is 10.7 Å². The molecule has 1 aliphatic carbocycles. The number of amides is 1. The third kappa shape index (κ3) is 2.73. The summed E-state index contributed by atoms with van der Waals surface area (Å²) in [5.74, 6) is 1.85. The molecule has 0 unspecified atom stereocenters. The molecule has 0 spiro atoms. The van der Waals surface area contributed by atoms with Gasteiger partial charge in [0.2, 0.25) is 5.91 Å². The van der Waals surface area contributed by atoms with Crippen molar-refractivity contribution in [1.29, 1.82) is 0 Å². The number of aromatic amines is 1. The summed E-state index contributed by atoms with van der Waals surface area (Å²) >= 11 is 5.35. The van der Waals surface area contributed by atoms with Gasteiger partial charge in [-0.25, -0.2) is 0 Å². The highest BCUT2D eigenvalue weighted by Gasteiger charge is 2.52. The average Bonchev–Trinajstić information content (AvgIpc) is 2.92. The van der Waals surface area contributed by atoms with E-state index in [1.807, 2.05) is 0 Å². The molecule has 5 nitrogen and oxygen atoms in total. The van der Waals surface area contributed by atoms with Crippen LogP contribution in [0, 0.1) is 16.1 Å². The van der Waals surface area contributed by atoms with E-state index < -0.39 is 0 Å². The van der Waals surface area contributed by atoms with Gasteiger partial charge in [0.1, 0.15) is 5.82 Å². The summed E-state index contributed by atoms with van der Waals surface area (Å²) in [6.45, 7) is 10.3. The molecule has 6 heteroatoms. The lowest BCUT2D eigenvalue weighted by molar-refractivity contribution is -0.134. The summed E-state index contributed by atoms with van der Waals surface area (Å²) < 4.78 is 2.77. The molecule has 2 atom stereocenters. The van der Waals surface area contributed by atoms with Crippen LogP contribution in [0.5, 0.6) is 0 Å². The van der Waals surface area contributed by atoms with Gasteiger partial charge < -0.3 is 9.47 Å². The number of nitrogens with zero attached hydrogens (tertiary/aromatic N) is 3. The third-order valence-electron chi connectivity index (χ3n) is 5.16. The molecule has 1 saturated heterocycles. The number of nitrogens with one attached hydrogen (secondary N) is 1. The Morgan fingerprint density at radius 1 is 1.45 bits per heavy atom. The van der Waals surface area contributed by atoms with Gasteiger partial charge in [-0.15, -0.1) is 0 Å². The Bertz CT molecular complexity index is 630. The van der Waals surface area contributed by atoms with Gasteiger partial charge in [-0.3, -0.25) is 9.89 Å². The summed E-state index contributed by atoms with van der Waals surface area (Å²) in [6, 6.07) is 0.287. The molecule has 1 saturated carbocycles. The number of piperidine rings is 1. The number of likely N-dealkylation sites (tertiary alicyclic amines) is 1. The minimum Gasteiger partial charge on any atom is -0.342 e. The predicted molar refractivity (Wildman–Crippen MR) is 88.2 cm³/mol. The van der Waals surface area contributed by atoms with Gasteiger partial charge in [0.25, 0.3) is 0 Å². The Morgan fingerprint density at radius 2 is 2.14 bits per heavy atom. The third-order valence-corrected chi connectivity index (χ3v) is 5.45. The van der Waals surface area contributed by atoms with E-state index in [1.165, 1.54) is 0 Å². The topological polar surface area (TPSA) is 53.9 Å². The number of hydrogen-bond acceptors (Lipinski definition) is 3. The van der Waals surface area contributed by atoms with Gasteiger partial charge in [0.15, 0.2) is 4.77 Å². The second-order valence-corrected chi connectivity index (χ2v) is 8.11. The minimum atomic E-state index is 0.196. The van der Waals surface area contributed by atoms with Crippen LogP contribution < -0.4 is 0 Å². The highest BCUT2D eigenvalue weighted by atomic mass is 32.1. The fraction of sp³-hybridized carbons (Fsp3) is 0.812. The average molecular weight is 322 g/mol. The molecular weight excluding hydrogens is 296 g/mol. The zero-order chi connectivity index (χ0) is 16.1. The monoisotopic (exact) mass is 322 g/mol. The first-order valence-electron chi connectivity index (χ1n) is 8.27. The molecule has 2 aliphatic rings. The summed E-state index contributed by atoms with van der Waals surface area (Å²) in [6.07, 6.45) is 3.14. The molecule has 122 valence electrons. The van der Waals surface area contributed by atoms with E-state index in [4.69, 9.17) is 12.2 Å². The standard InChI is InChI=1S/C16H26N4OS/c1-10(2)20-13(17-18-15(20)22)11-6-5-7-19(9-11)14(21)12-8-16(12,3)4/h10-12H,5-9H2,1-4H3,(H,18,22)/t11-,12+/m0/s1. The molecule has 3 rings (SSSR count). The van der Waals surface area contributed by atoms with Crippen LogP contribution in [0.25, 0.3) is 0 Å². The maximum absolute atomic E-state index is 12.6. The van der Waals surface area contributed by atoms with E-state index in [-0.39, 0.29) is 23.3 Å². The number of aromatic nitrogens is 3. The number of hydrogen-bond donors (Lipinski definition) is 1. The molecule has 2 heterocycles. The fourth-order valence-electron chi connectivity index (χ4n) is 3.60. The zero-order valence-corrected chi connectivity index (χ0v) is 14.7. The smallest absolute Gasteiger partial charge is 0.226 e. The van der Waals surface area contributed by atoms with Crippen LogP contribution in [-0.2, 0) is 4.79 Å². The molecule has 0 aromatic carbocycles. The molecule has 1 N–H and O–H groups in total. The van der Waals surface area contributed by atoms with Gasteiger partial charge in [-0.1, -0.05) is 13.8 Å². The lowest BCUT2D eigenvalue weighted by atomic mass is 9.96. The highest BCUT2D eigenvalue weighted by Crippen LogP contribution is 2.52. The van der Waals surface area contributed by atoms with Crippen molar-refractivity contribution in [3.63, 3.8) is 0 Å². The fourth-order valence-corrected chi connectivity index (χ4v) is 3.95. The quantitative estimate of drug-likeness (QED) is 0.869. The van der Waals surface area contributed by atoms with E-state index in [0.717, 1.165) is 38.2 Å². The Kier molecular flexibility index (Phi) is 3.91. The Morgan fingerprint density at radius 3 is 2.73 bits per heavy atom. The maximum atomic E-state index is 12.6. The van der Waals surface area contributed by atoms with Crippen LogP contribution >= 0.6 is 12.2 Å². The van der Waals surface area contributed by atoms with E-state index in [2.05, 4.69) is 47.4 Å². The van der Waals surface area contributed by atoms with E-state index in [1.54, 1.807) is 0 Å². The van der Waals surface area contributed by atoms with Crippen LogP contribution in [0.15, 0.2) is 0 Å². The van der Waals surface area contributed by atoms with E-state index in [9.17, 15) is 4.79 Å². The van der Waals surface area contributed by atoms with Crippen LogP contribution in [-0.4, -0.2) is 38.7 Å². The van der Waals surface area contributed by atoms with Crippen molar-refractivity contribution >= 4 is 18.1 Å². The minimum absolute atomic E-state index is 0.196. The van der Waals surface area contributed by atoms with Crippen molar-refractivity contribution < 1.29 is 4.79 Å². The summed E-state index contributed by atoms with van der Waals surface area (Å²) in [4.78, 5) is 14.7. The molecule has 1 aromatic heterocycles. The molecule has 22 heavy (non-hydrogen) atoms. The van der Waals surface area contributed by atoms with Gasteiger partial charge in [-0.05, 0) is 50.7 Å². The SMILES string of the molecule is CC(C)n1c([C@H]2CCCN(C(=O)[C@H]3CC3(C)C)C2)n[nH]c1=S. The predicted octanol–water partition coefficient (Wildman–Crippen LogP) is 3.27. The number of rotatable bonds is 3. The van der Waals surface area contributed by atoms with Crippen molar-refractivity contribution in [2.24, 2.45) is 11.3 Å². The van der Waals surface area contributed by atoms with Crippen molar-refractivity contribution in [2.45, 2.75) is 58.9 Å². The van der Waals surface area contributed by atoms with Crippen molar-refractivity contribution in [2.75, 3.05) is 13.1 Å².